The van der Waals surface area contributed by atoms with Crippen LogP contribution in [-0.2, 0) is 0 Å². The Morgan fingerprint density at radius 1 is 0.667 bits per heavy atom. The highest BCUT2D eigenvalue weighted by Crippen LogP contribution is 2.40. The lowest BCUT2D eigenvalue weighted by atomic mass is 9.99. The van der Waals surface area contributed by atoms with E-state index in [1.54, 1.807) is 0 Å². The Bertz CT molecular complexity index is 2270. The maximum Gasteiger partial charge on any atom is 0.0716 e. The van der Waals surface area contributed by atoms with Crippen LogP contribution in [0.2, 0.25) is 0 Å². The highest BCUT2D eigenvalue weighted by atomic mass is 32.2. The molecule has 8 rings (SSSR count). The maximum atomic E-state index is 4.91. The number of rotatable bonds is 6. The van der Waals surface area contributed by atoms with Gasteiger partial charge in [0.25, 0.3) is 0 Å². The molecule has 45 heavy (non-hydrogen) atoms. The molecule has 0 N–H and O–H groups in total. The summed E-state index contributed by atoms with van der Waals surface area (Å²) in [5.41, 5.74) is 11.0. The zero-order valence-electron chi connectivity index (χ0n) is 24.5. The Labute approximate surface area is 271 Å². The van der Waals surface area contributed by atoms with E-state index in [1.807, 2.05) is 47.6 Å². The number of hydrogen-bond donors (Lipinski definition) is 0. The second-order valence-electron chi connectivity index (χ2n) is 11.1. The summed E-state index contributed by atoms with van der Waals surface area (Å²) < 4.78 is 2.59. The lowest BCUT2D eigenvalue weighted by molar-refractivity contribution is 1.28. The van der Waals surface area contributed by atoms with Gasteiger partial charge in [-0.15, -0.1) is 23.1 Å². The summed E-state index contributed by atoms with van der Waals surface area (Å²) >= 11 is 3.72. The van der Waals surface area contributed by atoms with Gasteiger partial charge in [-0.1, -0.05) is 110 Å². The maximum absolute atomic E-state index is 4.91. The van der Waals surface area contributed by atoms with Crippen LogP contribution in [0.3, 0.4) is 0 Å². The molecule has 214 valence electrons. The number of pyridine rings is 2. The summed E-state index contributed by atoms with van der Waals surface area (Å²) in [5, 5.41) is 2.59. The van der Waals surface area contributed by atoms with Crippen molar-refractivity contribution in [2.75, 3.05) is 5.75 Å². The molecule has 3 aromatic heterocycles. The Morgan fingerprint density at radius 2 is 1.40 bits per heavy atom. The van der Waals surface area contributed by atoms with Crippen molar-refractivity contribution in [3.05, 3.63) is 164 Å². The Morgan fingerprint density at radius 3 is 2.22 bits per heavy atom. The average molecular weight is 613 g/mol. The monoisotopic (exact) mass is 612 g/mol. The molecule has 1 aliphatic heterocycles. The van der Waals surface area contributed by atoms with Gasteiger partial charge in [-0.3, -0.25) is 9.97 Å². The van der Waals surface area contributed by atoms with Gasteiger partial charge in [-0.05, 0) is 58.2 Å². The third-order valence-electron chi connectivity index (χ3n) is 8.28. The molecular formula is C41H28N2S2. The topological polar surface area (TPSA) is 25.8 Å². The third-order valence-corrected chi connectivity index (χ3v) is 10.6. The molecule has 0 aliphatic carbocycles. The molecule has 0 spiro atoms. The molecule has 0 atom stereocenters. The van der Waals surface area contributed by atoms with Crippen LogP contribution in [0, 0.1) is 0 Å². The van der Waals surface area contributed by atoms with Crippen molar-refractivity contribution in [1.29, 1.82) is 0 Å². The van der Waals surface area contributed by atoms with Crippen LogP contribution in [0.4, 0.5) is 0 Å². The molecule has 0 amide bonds. The van der Waals surface area contributed by atoms with Crippen LogP contribution < -0.4 is 0 Å². The summed E-state index contributed by atoms with van der Waals surface area (Å²) in [6, 6.07) is 40.7. The first kappa shape index (κ1) is 27.5. The van der Waals surface area contributed by atoms with Crippen molar-refractivity contribution in [2.45, 2.75) is 4.90 Å². The summed E-state index contributed by atoms with van der Waals surface area (Å²) in [7, 11) is 0. The van der Waals surface area contributed by atoms with Gasteiger partial charge >= 0.3 is 0 Å². The number of thiophene rings is 1. The van der Waals surface area contributed by atoms with Crippen LogP contribution in [-0.4, -0.2) is 15.7 Å². The smallest absolute Gasteiger partial charge is 0.0716 e. The molecule has 0 saturated heterocycles. The van der Waals surface area contributed by atoms with Crippen molar-refractivity contribution in [1.82, 2.24) is 9.97 Å². The van der Waals surface area contributed by atoms with Crippen molar-refractivity contribution in [3.8, 4) is 33.5 Å². The van der Waals surface area contributed by atoms with Crippen molar-refractivity contribution in [3.63, 3.8) is 0 Å². The number of fused-ring (bicyclic) bond motifs is 4. The number of thioether (sulfide) groups is 1. The normalized spacial score (nSPS) is 13.6. The minimum absolute atomic E-state index is 0.874. The summed E-state index contributed by atoms with van der Waals surface area (Å²) in [6.07, 6.45) is 10.2. The fourth-order valence-corrected chi connectivity index (χ4v) is 8.22. The molecule has 4 heterocycles. The van der Waals surface area contributed by atoms with E-state index in [2.05, 4.69) is 128 Å². The molecule has 4 aromatic carbocycles. The number of hydrogen-bond acceptors (Lipinski definition) is 4. The summed E-state index contributed by atoms with van der Waals surface area (Å²) in [4.78, 5) is 11.0. The van der Waals surface area contributed by atoms with Gasteiger partial charge in [0.15, 0.2) is 0 Å². The van der Waals surface area contributed by atoms with Crippen molar-refractivity contribution < 1.29 is 0 Å². The minimum Gasteiger partial charge on any atom is -0.256 e. The van der Waals surface area contributed by atoms with E-state index in [9.17, 15) is 0 Å². The molecule has 0 bridgehead atoms. The minimum atomic E-state index is 0.874. The van der Waals surface area contributed by atoms with Crippen molar-refractivity contribution in [2.24, 2.45) is 0 Å². The fraction of sp³-hybridized carbons (Fsp3) is 0.0244. The zero-order chi connectivity index (χ0) is 30.2. The van der Waals surface area contributed by atoms with Gasteiger partial charge in [0.05, 0.1) is 11.4 Å². The van der Waals surface area contributed by atoms with E-state index >= 15 is 0 Å². The highest BCUT2D eigenvalue weighted by Gasteiger charge is 2.15. The lowest BCUT2D eigenvalue weighted by Gasteiger charge is -2.08. The molecule has 1 aliphatic rings. The molecule has 7 aromatic rings. The standard InChI is InChI=1S/C41H28N2S2/c1-27(9-6-12-32-26-44-39-17-4-2-13-33(32)39)37-21-19-30(24-42-37)28-10-7-11-29(23-28)31-20-22-38(43-25-31)36-16-8-15-35-34-14-3-5-18-40(34)45-41(35)36/h2-25H,1,26H2/b9-6-,32-12+. The Balaban J connectivity index is 0.997. The van der Waals surface area contributed by atoms with E-state index in [-0.39, 0.29) is 0 Å². The Kier molecular flexibility index (Phi) is 7.22. The van der Waals surface area contributed by atoms with Gasteiger partial charge in [0.2, 0.25) is 0 Å². The van der Waals surface area contributed by atoms with Crippen LogP contribution in [0.15, 0.2) is 157 Å². The molecule has 0 unspecified atom stereocenters. The molecule has 4 heteroatoms. The lowest BCUT2D eigenvalue weighted by Crippen LogP contribution is -1.88. The second kappa shape index (κ2) is 11.8. The quantitative estimate of drug-likeness (QED) is 0.175. The van der Waals surface area contributed by atoms with E-state index in [4.69, 9.17) is 9.97 Å². The van der Waals surface area contributed by atoms with Crippen LogP contribution in [0.25, 0.3) is 64.8 Å². The van der Waals surface area contributed by atoms with Gasteiger partial charge in [0.1, 0.15) is 0 Å². The molecule has 0 fully saturated rings. The molecule has 0 radical (unpaired) electrons. The highest BCUT2D eigenvalue weighted by molar-refractivity contribution is 8.00. The van der Waals surface area contributed by atoms with Gasteiger partial charge in [-0.25, -0.2) is 0 Å². The largest absolute Gasteiger partial charge is 0.256 e. The SMILES string of the molecule is C=C(/C=C\C=C1/CSc2ccccc21)c1ccc(-c2cccc(-c3ccc(-c4cccc5c4sc4ccccc45)nc3)c2)cn1. The number of allylic oxidation sites excluding steroid dienone is 4. The van der Waals surface area contributed by atoms with Crippen LogP contribution in [0.5, 0.6) is 0 Å². The average Bonchev–Trinajstić information content (AvgIpc) is 3.70. The number of aromatic nitrogens is 2. The van der Waals surface area contributed by atoms with E-state index in [1.165, 1.54) is 41.8 Å². The van der Waals surface area contributed by atoms with Crippen LogP contribution in [0.1, 0.15) is 11.3 Å². The predicted octanol–water partition coefficient (Wildman–Crippen LogP) is 11.6. The predicted molar refractivity (Wildman–Crippen MR) is 195 cm³/mol. The third kappa shape index (κ3) is 5.33. The van der Waals surface area contributed by atoms with Gasteiger partial charge in [-0.2, -0.15) is 0 Å². The number of nitrogens with zero attached hydrogens (tertiary/aromatic N) is 2. The second-order valence-corrected chi connectivity index (χ2v) is 13.2. The summed E-state index contributed by atoms with van der Waals surface area (Å²) in [6.45, 7) is 4.26. The zero-order valence-corrected chi connectivity index (χ0v) is 26.1. The van der Waals surface area contributed by atoms with E-state index < -0.39 is 0 Å². The van der Waals surface area contributed by atoms with E-state index in [0.29, 0.717) is 0 Å². The first-order chi connectivity index (χ1) is 22.2. The summed E-state index contributed by atoms with van der Waals surface area (Å²) in [5.74, 6) is 1.01. The van der Waals surface area contributed by atoms with E-state index in [0.717, 1.165) is 45.0 Å². The molecule has 2 nitrogen and oxygen atoms in total. The van der Waals surface area contributed by atoms with Gasteiger partial charge < -0.3 is 0 Å². The molecular weight excluding hydrogens is 585 g/mol. The van der Waals surface area contributed by atoms with Crippen molar-refractivity contribution >= 4 is 54.4 Å². The number of benzene rings is 4. The molecule has 0 saturated carbocycles. The van der Waals surface area contributed by atoms with Crippen LogP contribution >= 0.6 is 23.1 Å². The first-order valence-corrected chi connectivity index (χ1v) is 16.7. The fourth-order valence-electron chi connectivity index (χ4n) is 5.90. The first-order valence-electron chi connectivity index (χ1n) is 14.9. The Hall–Kier alpha value is -5.03. The van der Waals surface area contributed by atoms with Gasteiger partial charge in [0, 0.05) is 59.9 Å².